The van der Waals surface area contributed by atoms with E-state index in [1.807, 2.05) is 6.08 Å². The van der Waals surface area contributed by atoms with Crippen LogP contribution >= 0.6 is 7.82 Å². The van der Waals surface area contributed by atoms with E-state index in [-0.39, 0.29) is 6.42 Å². The first-order valence-corrected chi connectivity index (χ1v) is 20.2. The third-order valence-corrected chi connectivity index (χ3v) is 9.58. The molecule has 0 aromatic rings. The van der Waals surface area contributed by atoms with Crippen molar-refractivity contribution in [1.82, 2.24) is 5.32 Å². The highest BCUT2D eigenvalue weighted by atomic mass is 31.2. The molecule has 1 rings (SSSR count). The third kappa shape index (κ3) is 20.9. The molecule has 13 nitrogen and oxygen atoms in total. The zero-order chi connectivity index (χ0) is 38.1. The molecule has 1 saturated carbocycles. The molecule has 0 aromatic heterocycles. The summed E-state index contributed by atoms with van der Waals surface area (Å²) in [6.45, 7) is 3.54. The average Bonchev–Trinajstić information content (AvgIpc) is 3.09. The zero-order valence-electron chi connectivity index (χ0n) is 30.5. The number of amides is 1. The Hall–Kier alpha value is -1.74. The maximum atomic E-state index is 12.8. The van der Waals surface area contributed by atoms with Crippen molar-refractivity contribution in [2.45, 2.75) is 171 Å². The Kier molecular flexibility index (Phi) is 25.8. The number of rotatable bonds is 28. The number of hydrogen-bond acceptors (Lipinski definition) is 11. The predicted molar refractivity (Wildman–Crippen MR) is 196 cm³/mol. The van der Waals surface area contributed by atoms with Gasteiger partial charge in [0, 0.05) is 0 Å². The van der Waals surface area contributed by atoms with Crippen LogP contribution in [0, 0.1) is 0 Å². The van der Waals surface area contributed by atoms with Gasteiger partial charge < -0.3 is 46.0 Å². The minimum atomic E-state index is -5.14. The molecule has 51 heavy (non-hydrogen) atoms. The number of nitrogens with one attached hydrogen (secondary N) is 1. The number of carbonyl (C=O) groups is 1. The topological polar surface area (TPSA) is 226 Å². The van der Waals surface area contributed by atoms with Crippen molar-refractivity contribution in [2.75, 3.05) is 6.61 Å². The number of aliphatic hydroxyl groups excluding tert-OH is 7. The highest BCUT2D eigenvalue weighted by Crippen LogP contribution is 2.47. The van der Waals surface area contributed by atoms with Crippen LogP contribution in [0.4, 0.5) is 0 Å². The van der Waals surface area contributed by atoms with Crippen LogP contribution < -0.4 is 5.32 Å². The number of phosphoric ester groups is 1. The van der Waals surface area contributed by atoms with Crippen molar-refractivity contribution in [1.29, 1.82) is 0 Å². The molecule has 8 unspecified atom stereocenters. The molecular formula is C37H66NO12P. The van der Waals surface area contributed by atoms with Crippen molar-refractivity contribution < 1.29 is 59.0 Å². The van der Waals surface area contributed by atoms with Gasteiger partial charge in [-0.25, -0.2) is 4.57 Å². The van der Waals surface area contributed by atoms with E-state index in [0.717, 1.165) is 57.8 Å². The second-order valence-corrected chi connectivity index (χ2v) is 14.6. The largest absolute Gasteiger partial charge is 0.472 e. The monoisotopic (exact) mass is 747 g/mol. The lowest BCUT2D eigenvalue weighted by molar-refractivity contribution is -0.220. The number of aliphatic hydroxyl groups is 7. The second-order valence-electron chi connectivity index (χ2n) is 13.2. The molecule has 1 amide bonds. The number of carbonyl (C=O) groups excluding carboxylic acids is 1. The molecular weight excluding hydrogens is 681 g/mol. The smallest absolute Gasteiger partial charge is 0.393 e. The van der Waals surface area contributed by atoms with Crippen LogP contribution in [0.5, 0.6) is 0 Å². The van der Waals surface area contributed by atoms with Crippen molar-refractivity contribution in [3.05, 3.63) is 48.6 Å². The van der Waals surface area contributed by atoms with Crippen LogP contribution in [-0.2, 0) is 18.4 Å². The van der Waals surface area contributed by atoms with Gasteiger partial charge in [0.2, 0.25) is 5.91 Å². The summed E-state index contributed by atoms with van der Waals surface area (Å²) in [6, 6.07) is -1.27. The summed E-state index contributed by atoms with van der Waals surface area (Å²) in [4.78, 5) is 23.2. The summed E-state index contributed by atoms with van der Waals surface area (Å²) in [5.74, 6) is -0.624. The van der Waals surface area contributed by atoms with Gasteiger partial charge in [0.05, 0.1) is 31.3 Å². The molecule has 0 radical (unpaired) electrons. The van der Waals surface area contributed by atoms with Gasteiger partial charge in [0.15, 0.2) is 0 Å². The van der Waals surface area contributed by atoms with Gasteiger partial charge in [-0.1, -0.05) is 94.6 Å². The zero-order valence-corrected chi connectivity index (χ0v) is 31.4. The molecule has 0 spiro atoms. The minimum Gasteiger partial charge on any atom is -0.393 e. The van der Waals surface area contributed by atoms with Crippen molar-refractivity contribution in [3.63, 3.8) is 0 Å². The first kappa shape index (κ1) is 47.3. The molecule has 1 fully saturated rings. The van der Waals surface area contributed by atoms with Crippen molar-refractivity contribution in [2.24, 2.45) is 0 Å². The van der Waals surface area contributed by atoms with E-state index >= 15 is 0 Å². The molecule has 8 atom stereocenters. The normalized spacial score (nSPS) is 25.9. The molecule has 14 heteroatoms. The van der Waals surface area contributed by atoms with Gasteiger partial charge >= 0.3 is 7.82 Å². The van der Waals surface area contributed by atoms with E-state index in [9.17, 15) is 50.0 Å². The number of phosphoric acid groups is 1. The minimum absolute atomic E-state index is 0.269. The van der Waals surface area contributed by atoms with E-state index in [4.69, 9.17) is 9.05 Å². The van der Waals surface area contributed by atoms with Crippen LogP contribution in [0.15, 0.2) is 48.6 Å². The molecule has 296 valence electrons. The third-order valence-electron chi connectivity index (χ3n) is 8.60. The molecule has 0 aliphatic heterocycles. The van der Waals surface area contributed by atoms with E-state index in [2.05, 4.69) is 49.5 Å². The lowest BCUT2D eigenvalue weighted by Gasteiger charge is -2.41. The summed E-state index contributed by atoms with van der Waals surface area (Å²) in [5.41, 5.74) is 0. The van der Waals surface area contributed by atoms with Gasteiger partial charge in [0.25, 0.3) is 0 Å². The van der Waals surface area contributed by atoms with Gasteiger partial charge in [-0.15, -0.1) is 0 Å². The van der Waals surface area contributed by atoms with Crippen molar-refractivity contribution >= 4 is 13.7 Å². The fourth-order valence-corrected chi connectivity index (χ4v) is 6.41. The fourth-order valence-electron chi connectivity index (χ4n) is 5.45. The highest BCUT2D eigenvalue weighted by molar-refractivity contribution is 7.47. The van der Waals surface area contributed by atoms with E-state index in [1.165, 1.54) is 25.3 Å². The Balaban J connectivity index is 2.74. The molecule has 0 saturated heterocycles. The Labute approximate surface area is 304 Å². The van der Waals surface area contributed by atoms with Gasteiger partial charge in [0.1, 0.15) is 36.6 Å². The lowest BCUT2D eigenvalue weighted by Crippen LogP contribution is -2.64. The Bertz CT molecular complexity index is 1070. The Morgan fingerprint density at radius 3 is 1.76 bits per heavy atom. The second kappa shape index (κ2) is 27.8. The fraction of sp³-hybridized carbons (Fsp3) is 0.757. The van der Waals surface area contributed by atoms with Crippen LogP contribution in [0.25, 0.3) is 0 Å². The maximum absolute atomic E-state index is 12.8. The van der Waals surface area contributed by atoms with E-state index in [0.29, 0.717) is 19.3 Å². The van der Waals surface area contributed by atoms with Gasteiger partial charge in [-0.05, 0) is 64.2 Å². The van der Waals surface area contributed by atoms with Crippen LogP contribution in [0.2, 0.25) is 0 Å². The first-order chi connectivity index (χ1) is 24.3. The number of hydrogen-bond donors (Lipinski definition) is 9. The Morgan fingerprint density at radius 2 is 1.20 bits per heavy atom. The molecule has 0 bridgehead atoms. The average molecular weight is 748 g/mol. The summed E-state index contributed by atoms with van der Waals surface area (Å²) in [5, 5.41) is 73.8. The molecule has 0 aromatic carbocycles. The number of unbranched alkanes of at least 4 members (excludes halogenated alkanes) is 9. The summed E-state index contributed by atoms with van der Waals surface area (Å²) < 4.78 is 22.6. The Morgan fingerprint density at radius 1 is 0.686 bits per heavy atom. The van der Waals surface area contributed by atoms with Crippen molar-refractivity contribution in [3.8, 4) is 0 Å². The van der Waals surface area contributed by atoms with Crippen LogP contribution in [0.3, 0.4) is 0 Å². The van der Waals surface area contributed by atoms with Crippen LogP contribution in [0.1, 0.15) is 117 Å². The lowest BCUT2D eigenvalue weighted by atomic mass is 9.85. The molecule has 9 N–H and O–H groups in total. The highest BCUT2D eigenvalue weighted by Gasteiger charge is 2.51. The first-order valence-electron chi connectivity index (χ1n) is 18.7. The van der Waals surface area contributed by atoms with E-state index < -0.39 is 75.2 Å². The molecule has 0 heterocycles. The standard InChI is InChI=1S/C37H66NO12P/c1-3-5-7-9-11-13-15-17-19-21-23-25-30(40)29(27-49-51(47,48)50-37-35(45)33(43)32(42)34(44)36(37)46)38-31(41)26-28(39)24-22-20-18-16-14-12-10-8-6-4-2/h7,9,12,14-15,17,23,25,28-30,32-37,39-40,42-46H,3-6,8,10-11,13,16,18-22,24,26-27H2,1-2H3,(H,38,41)(H,47,48)/b9-7+,14-12-,17-15+,25-23+. The summed E-state index contributed by atoms with van der Waals surface area (Å²) in [6.07, 6.45) is 15.3. The quantitative estimate of drug-likeness (QED) is 0.0314. The molecule has 1 aliphatic carbocycles. The summed E-state index contributed by atoms with van der Waals surface area (Å²) >= 11 is 0. The predicted octanol–water partition coefficient (Wildman–Crippen LogP) is 4.02. The molecule has 1 aliphatic rings. The van der Waals surface area contributed by atoms with Crippen LogP contribution in [-0.4, -0.2) is 108 Å². The summed E-state index contributed by atoms with van der Waals surface area (Å²) in [7, 11) is -5.14. The van der Waals surface area contributed by atoms with E-state index in [1.54, 1.807) is 6.08 Å². The van der Waals surface area contributed by atoms with Gasteiger partial charge in [-0.2, -0.15) is 0 Å². The maximum Gasteiger partial charge on any atom is 0.472 e. The number of allylic oxidation sites excluding steroid dienone is 7. The van der Waals surface area contributed by atoms with Gasteiger partial charge in [-0.3, -0.25) is 13.8 Å². The SMILES string of the molecule is CCC/C=C/CC/C=C/CC/C=C/C(O)C(COP(=O)(O)OC1C(O)C(O)C(O)C(O)C1O)NC(=O)CC(O)CCCCC/C=C\CCCCC.